The zero-order chi connectivity index (χ0) is 24.0. The van der Waals surface area contributed by atoms with Crippen molar-refractivity contribution in [2.45, 2.75) is 11.4 Å². The van der Waals surface area contributed by atoms with Crippen LogP contribution in [0.25, 0.3) is 0 Å². The summed E-state index contributed by atoms with van der Waals surface area (Å²) in [6, 6.07) is 17.2. The van der Waals surface area contributed by atoms with E-state index in [1.165, 1.54) is 30.5 Å². The number of rotatable bonds is 8. The van der Waals surface area contributed by atoms with Crippen LogP contribution in [0, 0.1) is 0 Å². The molecule has 0 bridgehead atoms. The second-order valence-corrected chi connectivity index (χ2v) is 10.4. The summed E-state index contributed by atoms with van der Waals surface area (Å²) >= 11 is 23.6. The Morgan fingerprint density at radius 2 is 1.48 bits per heavy atom. The van der Waals surface area contributed by atoms with Gasteiger partial charge in [-0.15, -0.1) is 0 Å². The molecule has 0 aliphatic carbocycles. The fourth-order valence-electron chi connectivity index (χ4n) is 2.74. The largest absolute Gasteiger partial charge is 0.272 e. The molecular formula is C22H17Cl4N3O3S. The summed E-state index contributed by atoms with van der Waals surface area (Å²) in [5.41, 5.74) is 3.59. The fraction of sp³-hybridized carbons (Fsp3) is 0.0909. The van der Waals surface area contributed by atoms with E-state index in [9.17, 15) is 13.2 Å². The summed E-state index contributed by atoms with van der Waals surface area (Å²) < 4.78 is 27.5. The van der Waals surface area contributed by atoms with Crippen LogP contribution in [0.2, 0.25) is 20.1 Å². The van der Waals surface area contributed by atoms with Gasteiger partial charge < -0.3 is 0 Å². The topological polar surface area (TPSA) is 78.8 Å². The monoisotopic (exact) mass is 543 g/mol. The molecule has 172 valence electrons. The number of nitrogens with zero attached hydrogens (tertiary/aromatic N) is 2. The first-order chi connectivity index (χ1) is 15.6. The predicted molar refractivity (Wildman–Crippen MR) is 133 cm³/mol. The van der Waals surface area contributed by atoms with Crippen LogP contribution in [-0.2, 0) is 21.4 Å². The van der Waals surface area contributed by atoms with Gasteiger partial charge in [0.15, 0.2) is 0 Å². The molecule has 0 radical (unpaired) electrons. The van der Waals surface area contributed by atoms with Crippen molar-refractivity contribution in [2.24, 2.45) is 5.10 Å². The van der Waals surface area contributed by atoms with E-state index in [1.54, 1.807) is 42.5 Å². The molecule has 33 heavy (non-hydrogen) atoms. The van der Waals surface area contributed by atoms with Crippen molar-refractivity contribution in [1.29, 1.82) is 0 Å². The van der Waals surface area contributed by atoms with Crippen molar-refractivity contribution in [3.8, 4) is 0 Å². The Balaban J connectivity index is 1.78. The van der Waals surface area contributed by atoms with E-state index in [2.05, 4.69) is 10.5 Å². The molecule has 6 nitrogen and oxygen atoms in total. The van der Waals surface area contributed by atoms with Gasteiger partial charge in [0.1, 0.15) is 0 Å². The molecule has 3 rings (SSSR count). The van der Waals surface area contributed by atoms with Gasteiger partial charge in [-0.3, -0.25) is 4.79 Å². The third kappa shape index (κ3) is 7.17. The number of amides is 1. The molecule has 0 saturated heterocycles. The minimum absolute atomic E-state index is 0.00738. The minimum atomic E-state index is -4.01. The molecular weight excluding hydrogens is 528 g/mol. The molecule has 0 aliphatic heterocycles. The van der Waals surface area contributed by atoms with Crippen LogP contribution in [0.3, 0.4) is 0 Å². The van der Waals surface area contributed by atoms with E-state index in [4.69, 9.17) is 46.4 Å². The van der Waals surface area contributed by atoms with Gasteiger partial charge in [0.05, 0.1) is 27.7 Å². The second kappa shape index (κ2) is 11.3. The van der Waals surface area contributed by atoms with Crippen LogP contribution in [0.15, 0.2) is 76.7 Å². The van der Waals surface area contributed by atoms with Gasteiger partial charge in [0, 0.05) is 16.6 Å². The Labute approximate surface area is 211 Å². The Morgan fingerprint density at radius 3 is 2.09 bits per heavy atom. The van der Waals surface area contributed by atoms with Gasteiger partial charge in [-0.25, -0.2) is 13.8 Å². The number of hydrogen-bond acceptors (Lipinski definition) is 4. The Hall–Kier alpha value is -2.13. The van der Waals surface area contributed by atoms with Crippen LogP contribution >= 0.6 is 46.4 Å². The molecule has 0 fully saturated rings. The van der Waals surface area contributed by atoms with E-state index >= 15 is 0 Å². The summed E-state index contributed by atoms with van der Waals surface area (Å²) in [4.78, 5) is 12.5. The molecule has 0 saturated carbocycles. The average molecular weight is 545 g/mol. The lowest BCUT2D eigenvalue weighted by atomic mass is 10.2. The summed E-state index contributed by atoms with van der Waals surface area (Å²) in [5.74, 6) is -0.627. The molecule has 0 unspecified atom stereocenters. The molecule has 0 aliphatic rings. The number of hydrazone groups is 1. The minimum Gasteiger partial charge on any atom is -0.272 e. The maximum absolute atomic E-state index is 13.2. The molecule has 0 heterocycles. The summed E-state index contributed by atoms with van der Waals surface area (Å²) in [6.45, 7) is -0.516. The summed E-state index contributed by atoms with van der Waals surface area (Å²) in [6.07, 6.45) is 1.37. The van der Waals surface area contributed by atoms with Gasteiger partial charge in [-0.2, -0.15) is 9.41 Å². The first-order valence-corrected chi connectivity index (χ1v) is 12.4. The van der Waals surface area contributed by atoms with Crippen molar-refractivity contribution >= 4 is 68.5 Å². The Kier molecular flexibility index (Phi) is 8.75. The first-order valence-electron chi connectivity index (χ1n) is 9.42. The predicted octanol–water partition coefficient (Wildman–Crippen LogP) is 5.64. The van der Waals surface area contributed by atoms with E-state index in [0.29, 0.717) is 31.2 Å². The number of benzene rings is 3. The van der Waals surface area contributed by atoms with Gasteiger partial charge >= 0.3 is 0 Å². The van der Waals surface area contributed by atoms with Crippen molar-refractivity contribution in [1.82, 2.24) is 9.73 Å². The normalized spacial score (nSPS) is 11.8. The standard InChI is InChI=1S/C22H17Cl4N3O3S/c23-17-4-1-15(2-5-17)13-29(33(31,32)19-8-6-18(24)7-9-19)14-22(30)28-27-12-16-3-10-20(25)21(26)11-16/h1-12H,13-14H2,(H,28,30)/b27-12-. The molecule has 0 spiro atoms. The Bertz CT molecular complexity index is 1270. The van der Waals surface area contributed by atoms with Gasteiger partial charge in [0.25, 0.3) is 5.91 Å². The summed E-state index contributed by atoms with van der Waals surface area (Å²) in [7, 11) is -4.01. The third-order valence-corrected chi connectivity index (χ3v) is 7.44. The number of hydrogen-bond donors (Lipinski definition) is 1. The lowest BCUT2D eigenvalue weighted by molar-refractivity contribution is -0.121. The van der Waals surface area contributed by atoms with E-state index in [0.717, 1.165) is 4.31 Å². The number of carbonyl (C=O) groups excluding carboxylic acids is 1. The van der Waals surface area contributed by atoms with Gasteiger partial charge in [-0.1, -0.05) is 64.6 Å². The van der Waals surface area contributed by atoms with Crippen LogP contribution in [0.1, 0.15) is 11.1 Å². The second-order valence-electron chi connectivity index (χ2n) is 6.82. The van der Waals surface area contributed by atoms with Crippen molar-refractivity contribution in [3.63, 3.8) is 0 Å². The lowest BCUT2D eigenvalue weighted by Crippen LogP contribution is -2.39. The highest BCUT2D eigenvalue weighted by Crippen LogP contribution is 2.22. The fourth-order valence-corrected chi connectivity index (χ4v) is 4.68. The zero-order valence-electron chi connectivity index (χ0n) is 16.9. The van der Waals surface area contributed by atoms with E-state index in [1.807, 2.05) is 0 Å². The summed E-state index contributed by atoms with van der Waals surface area (Å²) in [5, 5.41) is 5.51. The van der Waals surface area contributed by atoms with Crippen LogP contribution in [-0.4, -0.2) is 31.4 Å². The van der Waals surface area contributed by atoms with E-state index in [-0.39, 0.29) is 11.4 Å². The molecule has 0 aromatic heterocycles. The number of nitrogens with one attached hydrogen (secondary N) is 1. The van der Waals surface area contributed by atoms with Crippen molar-refractivity contribution < 1.29 is 13.2 Å². The Morgan fingerprint density at radius 1 is 0.879 bits per heavy atom. The highest BCUT2D eigenvalue weighted by Gasteiger charge is 2.27. The molecule has 3 aromatic carbocycles. The number of sulfonamides is 1. The van der Waals surface area contributed by atoms with Crippen LogP contribution < -0.4 is 5.43 Å². The molecule has 1 N–H and O–H groups in total. The number of halogens is 4. The van der Waals surface area contributed by atoms with Crippen LogP contribution in [0.4, 0.5) is 0 Å². The van der Waals surface area contributed by atoms with Gasteiger partial charge in [-0.05, 0) is 59.7 Å². The molecule has 11 heteroatoms. The first kappa shape index (κ1) is 25.5. The van der Waals surface area contributed by atoms with Crippen LogP contribution in [0.5, 0.6) is 0 Å². The molecule has 1 amide bonds. The maximum Gasteiger partial charge on any atom is 0.255 e. The molecule has 3 aromatic rings. The quantitative estimate of drug-likeness (QED) is 0.294. The smallest absolute Gasteiger partial charge is 0.255 e. The molecule has 0 atom stereocenters. The SMILES string of the molecule is O=C(CN(Cc1ccc(Cl)cc1)S(=O)(=O)c1ccc(Cl)cc1)N/N=C\c1ccc(Cl)c(Cl)c1. The van der Waals surface area contributed by atoms with Crippen molar-refractivity contribution in [3.05, 3.63) is 97.9 Å². The highest BCUT2D eigenvalue weighted by molar-refractivity contribution is 7.89. The lowest BCUT2D eigenvalue weighted by Gasteiger charge is -2.21. The van der Waals surface area contributed by atoms with E-state index < -0.39 is 22.5 Å². The average Bonchev–Trinajstić information content (AvgIpc) is 2.77. The number of carbonyl (C=O) groups is 1. The van der Waals surface area contributed by atoms with Gasteiger partial charge in [0.2, 0.25) is 10.0 Å². The zero-order valence-corrected chi connectivity index (χ0v) is 20.7. The maximum atomic E-state index is 13.2. The van der Waals surface area contributed by atoms with Crippen molar-refractivity contribution in [2.75, 3.05) is 6.54 Å². The third-order valence-electron chi connectivity index (χ3n) is 4.39. The highest BCUT2D eigenvalue weighted by atomic mass is 35.5.